The summed E-state index contributed by atoms with van der Waals surface area (Å²) >= 11 is 0. The number of aliphatic hydroxyl groups is 2. The molecule has 4 fully saturated rings. The van der Waals surface area contributed by atoms with Gasteiger partial charge >= 0.3 is 0 Å². The van der Waals surface area contributed by atoms with E-state index in [4.69, 9.17) is 4.99 Å². The zero-order valence-corrected chi connectivity index (χ0v) is 19.8. The monoisotopic (exact) mass is 415 g/mol. The second kappa shape index (κ2) is 7.58. The molecule has 1 aliphatic heterocycles. The highest BCUT2D eigenvalue weighted by atomic mass is 16.3. The molecule has 5 aliphatic rings. The van der Waals surface area contributed by atoms with Crippen LogP contribution >= 0.6 is 0 Å². The highest BCUT2D eigenvalue weighted by Crippen LogP contribution is 2.68. The lowest BCUT2D eigenvalue weighted by Gasteiger charge is -2.61. The third-order valence-corrected chi connectivity index (χ3v) is 11.3. The van der Waals surface area contributed by atoms with Crippen LogP contribution < -0.4 is 0 Å². The molecular weight excluding hydrogens is 370 g/mol. The van der Waals surface area contributed by atoms with Crippen LogP contribution in [-0.4, -0.2) is 34.7 Å². The molecule has 2 N–H and O–H groups in total. The summed E-state index contributed by atoms with van der Waals surface area (Å²) in [7, 11) is 0. The minimum Gasteiger partial charge on any atom is -0.393 e. The third-order valence-electron chi connectivity index (χ3n) is 11.3. The predicted octanol–water partition coefficient (Wildman–Crippen LogP) is 5.48. The predicted molar refractivity (Wildman–Crippen MR) is 122 cm³/mol. The summed E-state index contributed by atoms with van der Waals surface area (Å²) in [5.74, 6) is 4.50. The first-order valence-electron chi connectivity index (χ1n) is 13.1. The van der Waals surface area contributed by atoms with Crippen molar-refractivity contribution in [3.05, 3.63) is 0 Å². The van der Waals surface area contributed by atoms with E-state index < -0.39 is 0 Å². The first-order chi connectivity index (χ1) is 14.2. The maximum absolute atomic E-state index is 11.4. The summed E-state index contributed by atoms with van der Waals surface area (Å²) < 4.78 is 0. The van der Waals surface area contributed by atoms with Crippen LogP contribution in [-0.2, 0) is 0 Å². The van der Waals surface area contributed by atoms with Crippen LogP contribution in [0.4, 0.5) is 0 Å². The number of fused-ring (bicyclic) bond motifs is 5. The van der Waals surface area contributed by atoms with Crippen molar-refractivity contribution in [2.75, 3.05) is 6.54 Å². The van der Waals surface area contributed by atoms with Crippen LogP contribution in [0.1, 0.15) is 91.9 Å². The molecule has 3 nitrogen and oxygen atoms in total. The van der Waals surface area contributed by atoms with E-state index in [0.717, 1.165) is 50.0 Å². The Balaban J connectivity index is 1.39. The van der Waals surface area contributed by atoms with Crippen LogP contribution in [0.25, 0.3) is 0 Å². The number of aliphatic imine (C=N–C) groups is 1. The molecule has 1 heterocycles. The Hall–Kier alpha value is -0.410. The van der Waals surface area contributed by atoms with Gasteiger partial charge in [0.2, 0.25) is 0 Å². The summed E-state index contributed by atoms with van der Waals surface area (Å²) in [6.07, 6.45) is 11.7. The van der Waals surface area contributed by atoms with Gasteiger partial charge in [0.15, 0.2) is 0 Å². The maximum atomic E-state index is 11.4. The normalized spacial score (nSPS) is 54.5. The SMILES string of the molecule is CC1CCC(C(C)C2C(O)CC3C4CCC5CC(O)CCC5(C)C4CCC32C)=NC1. The van der Waals surface area contributed by atoms with Crippen molar-refractivity contribution in [1.29, 1.82) is 0 Å². The first kappa shape index (κ1) is 21.4. The Labute approximate surface area is 184 Å². The Kier molecular flexibility index (Phi) is 5.41. The second-order valence-electron chi connectivity index (χ2n) is 12.7. The molecule has 30 heavy (non-hydrogen) atoms. The quantitative estimate of drug-likeness (QED) is 0.627. The van der Waals surface area contributed by atoms with E-state index in [0.29, 0.717) is 29.1 Å². The van der Waals surface area contributed by atoms with Gasteiger partial charge in [0.1, 0.15) is 0 Å². The van der Waals surface area contributed by atoms with Gasteiger partial charge in [-0.15, -0.1) is 0 Å². The minimum absolute atomic E-state index is 0.0639. The van der Waals surface area contributed by atoms with E-state index in [9.17, 15) is 10.2 Å². The van der Waals surface area contributed by atoms with Gasteiger partial charge in [0, 0.05) is 12.3 Å². The van der Waals surface area contributed by atoms with Crippen LogP contribution in [0.5, 0.6) is 0 Å². The van der Waals surface area contributed by atoms with E-state index >= 15 is 0 Å². The lowest BCUT2D eigenvalue weighted by atomic mass is 9.44. The van der Waals surface area contributed by atoms with Crippen molar-refractivity contribution in [2.45, 2.75) is 104 Å². The fourth-order valence-corrected chi connectivity index (χ4v) is 9.61. The molecule has 0 saturated heterocycles. The number of hydrogen-bond donors (Lipinski definition) is 2. The molecule has 5 rings (SSSR count). The van der Waals surface area contributed by atoms with Crippen LogP contribution in [0.2, 0.25) is 0 Å². The number of aliphatic hydroxyl groups excluding tert-OH is 2. The number of rotatable bonds is 2. The molecule has 11 atom stereocenters. The second-order valence-corrected chi connectivity index (χ2v) is 12.7. The fourth-order valence-electron chi connectivity index (χ4n) is 9.61. The van der Waals surface area contributed by atoms with Gasteiger partial charge < -0.3 is 10.2 Å². The lowest BCUT2D eigenvalue weighted by Crippen LogP contribution is -2.54. The Bertz CT molecular complexity index is 690. The molecule has 4 aliphatic carbocycles. The number of nitrogens with zero attached hydrogens (tertiary/aromatic N) is 1. The van der Waals surface area contributed by atoms with Crippen molar-refractivity contribution < 1.29 is 10.2 Å². The van der Waals surface area contributed by atoms with E-state index in [1.54, 1.807) is 0 Å². The van der Waals surface area contributed by atoms with Crippen LogP contribution in [0, 0.1) is 52.3 Å². The van der Waals surface area contributed by atoms with Gasteiger partial charge in [-0.1, -0.05) is 27.7 Å². The number of hydrogen-bond acceptors (Lipinski definition) is 3. The Morgan fingerprint density at radius 2 is 1.70 bits per heavy atom. The molecule has 0 aromatic rings. The van der Waals surface area contributed by atoms with E-state index in [1.807, 2.05) is 0 Å². The smallest absolute Gasteiger partial charge is 0.0582 e. The van der Waals surface area contributed by atoms with Gasteiger partial charge in [0.05, 0.1) is 12.2 Å². The minimum atomic E-state index is -0.158. The van der Waals surface area contributed by atoms with Crippen LogP contribution in [0.15, 0.2) is 4.99 Å². The molecule has 0 amide bonds. The average Bonchev–Trinajstić information content (AvgIpc) is 2.98. The summed E-state index contributed by atoms with van der Waals surface area (Å²) in [5, 5.41) is 21.6. The van der Waals surface area contributed by atoms with E-state index in [1.165, 1.54) is 44.2 Å². The fraction of sp³-hybridized carbons (Fsp3) is 0.963. The molecule has 4 saturated carbocycles. The van der Waals surface area contributed by atoms with Gasteiger partial charge in [-0.3, -0.25) is 4.99 Å². The molecule has 0 aromatic carbocycles. The van der Waals surface area contributed by atoms with Crippen molar-refractivity contribution in [2.24, 2.45) is 57.2 Å². The standard InChI is InChI=1S/C27H45NO2/c1-16-5-8-23(28-15-16)17(2)25-24(30)14-22-20-7-6-18-13-19(29)9-11-26(18,3)21(20)10-12-27(22,25)4/h16-22,24-25,29-30H,5-15H2,1-4H3. The Morgan fingerprint density at radius 1 is 0.933 bits per heavy atom. The molecule has 3 heteroatoms. The molecule has 0 spiro atoms. The molecule has 0 bridgehead atoms. The third kappa shape index (κ3) is 3.16. The highest BCUT2D eigenvalue weighted by Gasteiger charge is 2.63. The van der Waals surface area contributed by atoms with E-state index in [2.05, 4.69) is 27.7 Å². The summed E-state index contributed by atoms with van der Waals surface area (Å²) in [4.78, 5) is 4.99. The van der Waals surface area contributed by atoms with Gasteiger partial charge in [-0.05, 0) is 116 Å². The topological polar surface area (TPSA) is 52.8 Å². The van der Waals surface area contributed by atoms with Crippen molar-refractivity contribution >= 4 is 5.71 Å². The van der Waals surface area contributed by atoms with Gasteiger partial charge in [0.25, 0.3) is 0 Å². The van der Waals surface area contributed by atoms with Gasteiger partial charge in [-0.25, -0.2) is 0 Å². The van der Waals surface area contributed by atoms with Crippen molar-refractivity contribution in [1.82, 2.24) is 0 Å². The van der Waals surface area contributed by atoms with Crippen LogP contribution in [0.3, 0.4) is 0 Å². The lowest BCUT2D eigenvalue weighted by molar-refractivity contribution is -0.128. The highest BCUT2D eigenvalue weighted by molar-refractivity contribution is 5.87. The zero-order chi connectivity index (χ0) is 21.3. The largest absolute Gasteiger partial charge is 0.393 e. The summed E-state index contributed by atoms with van der Waals surface area (Å²) in [6.45, 7) is 10.8. The average molecular weight is 416 g/mol. The summed E-state index contributed by atoms with van der Waals surface area (Å²) in [5.41, 5.74) is 2.09. The summed E-state index contributed by atoms with van der Waals surface area (Å²) in [6, 6.07) is 0. The van der Waals surface area contributed by atoms with Crippen molar-refractivity contribution in [3.63, 3.8) is 0 Å². The Morgan fingerprint density at radius 3 is 2.43 bits per heavy atom. The van der Waals surface area contributed by atoms with E-state index in [-0.39, 0.29) is 17.6 Å². The molecule has 170 valence electrons. The molecular formula is C27H45NO2. The van der Waals surface area contributed by atoms with Gasteiger partial charge in [-0.2, -0.15) is 0 Å². The molecule has 11 unspecified atom stereocenters. The zero-order valence-electron chi connectivity index (χ0n) is 19.8. The molecule has 0 aromatic heterocycles. The first-order valence-corrected chi connectivity index (χ1v) is 13.1. The molecule has 0 radical (unpaired) electrons. The van der Waals surface area contributed by atoms with Crippen molar-refractivity contribution in [3.8, 4) is 0 Å². The maximum Gasteiger partial charge on any atom is 0.0582 e.